The number of fused-ring (bicyclic) bond motifs is 1. The Kier molecular flexibility index (Phi) is 4.98. The van der Waals surface area contributed by atoms with Crippen LogP contribution in [-0.4, -0.2) is 40.9 Å². The zero-order chi connectivity index (χ0) is 16.9. The van der Waals surface area contributed by atoms with Crippen molar-refractivity contribution < 1.29 is 14.3 Å². The van der Waals surface area contributed by atoms with Crippen LogP contribution in [0.5, 0.6) is 11.5 Å². The Morgan fingerprint density at radius 1 is 1.50 bits per heavy atom. The minimum atomic E-state index is 0.0264. The van der Waals surface area contributed by atoms with Gasteiger partial charge in [0.25, 0.3) is 0 Å². The Hall–Kier alpha value is -2.57. The number of ether oxygens (including phenoxy) is 2. The fourth-order valence-electron chi connectivity index (χ4n) is 2.78. The number of carbonyl (C=O) groups excluding carboxylic acids is 1. The number of aryl methyl sites for hydroxylation is 2. The molecule has 1 aliphatic heterocycles. The maximum absolute atomic E-state index is 12.0. The van der Waals surface area contributed by atoms with Gasteiger partial charge in [0.1, 0.15) is 23.7 Å². The summed E-state index contributed by atoms with van der Waals surface area (Å²) in [5, 5.41) is 10.8. The van der Waals surface area contributed by atoms with Crippen LogP contribution < -0.4 is 14.8 Å². The number of hydrogen-bond donors (Lipinski definition) is 1. The quantitative estimate of drug-likeness (QED) is 0.859. The molecule has 1 atom stereocenters. The second-order valence-electron chi connectivity index (χ2n) is 6.02. The molecule has 0 bridgehead atoms. The third-order valence-electron chi connectivity index (χ3n) is 4.23. The highest BCUT2D eigenvalue weighted by Crippen LogP contribution is 2.30. The topological polar surface area (TPSA) is 78.3 Å². The molecule has 2 heterocycles. The largest absolute Gasteiger partial charge is 0.497 e. The van der Waals surface area contributed by atoms with Gasteiger partial charge in [-0.2, -0.15) is 0 Å². The van der Waals surface area contributed by atoms with E-state index in [1.807, 2.05) is 29.8 Å². The van der Waals surface area contributed by atoms with Gasteiger partial charge in [-0.1, -0.05) is 6.07 Å². The van der Waals surface area contributed by atoms with E-state index in [0.717, 1.165) is 29.3 Å². The second kappa shape index (κ2) is 7.33. The van der Waals surface area contributed by atoms with Crippen molar-refractivity contribution in [2.45, 2.75) is 19.3 Å². The van der Waals surface area contributed by atoms with Crippen molar-refractivity contribution in [2.24, 2.45) is 13.0 Å². The highest BCUT2D eigenvalue weighted by atomic mass is 16.5. The van der Waals surface area contributed by atoms with Crippen LogP contribution in [-0.2, 0) is 24.7 Å². The standard InChI is InChI=1S/C17H22N4O3/c1-21-11-19-20-16(21)5-6-17(22)18-9-12-7-13-3-4-14(23-2)8-15(13)24-10-12/h3-4,8,11-12H,5-7,9-10H2,1-2H3,(H,18,22). The van der Waals surface area contributed by atoms with E-state index in [4.69, 9.17) is 9.47 Å². The number of amides is 1. The number of rotatable bonds is 6. The number of methoxy groups -OCH3 is 1. The molecule has 0 fully saturated rings. The van der Waals surface area contributed by atoms with Crippen molar-refractivity contribution >= 4 is 5.91 Å². The molecular weight excluding hydrogens is 308 g/mol. The van der Waals surface area contributed by atoms with Crippen LogP contribution >= 0.6 is 0 Å². The maximum Gasteiger partial charge on any atom is 0.220 e. The molecule has 128 valence electrons. The molecule has 0 radical (unpaired) electrons. The van der Waals surface area contributed by atoms with Crippen LogP contribution in [0.4, 0.5) is 0 Å². The van der Waals surface area contributed by atoms with Gasteiger partial charge in [-0.05, 0) is 18.1 Å². The normalized spacial score (nSPS) is 16.2. The molecular formula is C17H22N4O3. The Morgan fingerprint density at radius 3 is 3.12 bits per heavy atom. The fourth-order valence-corrected chi connectivity index (χ4v) is 2.78. The van der Waals surface area contributed by atoms with Crippen LogP contribution in [0, 0.1) is 5.92 Å². The number of benzene rings is 1. The van der Waals surface area contributed by atoms with E-state index in [-0.39, 0.29) is 11.8 Å². The number of hydrogen-bond acceptors (Lipinski definition) is 5. The number of nitrogens with zero attached hydrogens (tertiary/aromatic N) is 3. The summed E-state index contributed by atoms with van der Waals surface area (Å²) in [6.07, 6.45) is 3.53. The van der Waals surface area contributed by atoms with Gasteiger partial charge in [-0.3, -0.25) is 4.79 Å². The van der Waals surface area contributed by atoms with E-state index in [0.29, 0.717) is 26.0 Å². The van der Waals surface area contributed by atoms with Gasteiger partial charge in [0.05, 0.1) is 13.7 Å². The lowest BCUT2D eigenvalue weighted by molar-refractivity contribution is -0.121. The molecule has 0 saturated carbocycles. The molecule has 1 aromatic carbocycles. The summed E-state index contributed by atoms with van der Waals surface area (Å²) in [5.74, 6) is 2.79. The molecule has 1 N–H and O–H groups in total. The summed E-state index contributed by atoms with van der Waals surface area (Å²) in [4.78, 5) is 12.0. The number of aromatic nitrogens is 3. The second-order valence-corrected chi connectivity index (χ2v) is 6.02. The van der Waals surface area contributed by atoms with Crippen molar-refractivity contribution in [3.05, 3.63) is 35.9 Å². The molecule has 0 aliphatic carbocycles. The average Bonchev–Trinajstić information content (AvgIpc) is 3.02. The van der Waals surface area contributed by atoms with E-state index < -0.39 is 0 Å². The minimum Gasteiger partial charge on any atom is -0.497 e. The van der Waals surface area contributed by atoms with Crippen LogP contribution in [0.3, 0.4) is 0 Å². The van der Waals surface area contributed by atoms with Crippen molar-refractivity contribution in [3.63, 3.8) is 0 Å². The third-order valence-corrected chi connectivity index (χ3v) is 4.23. The minimum absolute atomic E-state index is 0.0264. The summed E-state index contributed by atoms with van der Waals surface area (Å²) >= 11 is 0. The van der Waals surface area contributed by atoms with Crippen LogP contribution in [0.25, 0.3) is 0 Å². The summed E-state index contributed by atoms with van der Waals surface area (Å²) in [5.41, 5.74) is 1.15. The van der Waals surface area contributed by atoms with E-state index in [9.17, 15) is 4.79 Å². The molecule has 0 spiro atoms. The van der Waals surface area contributed by atoms with E-state index in [2.05, 4.69) is 15.5 Å². The lowest BCUT2D eigenvalue weighted by Gasteiger charge is -2.25. The predicted octanol–water partition coefficient (Wildman–Crippen LogP) is 1.12. The molecule has 0 saturated heterocycles. The monoisotopic (exact) mass is 330 g/mol. The molecule has 1 aliphatic rings. The Labute approximate surface area is 141 Å². The van der Waals surface area contributed by atoms with E-state index >= 15 is 0 Å². The first-order chi connectivity index (χ1) is 11.7. The van der Waals surface area contributed by atoms with Gasteiger partial charge in [0.15, 0.2) is 0 Å². The first-order valence-electron chi connectivity index (χ1n) is 8.05. The lowest BCUT2D eigenvalue weighted by atomic mass is 9.96. The van der Waals surface area contributed by atoms with Crippen molar-refractivity contribution in [1.82, 2.24) is 20.1 Å². The highest BCUT2D eigenvalue weighted by Gasteiger charge is 2.21. The zero-order valence-electron chi connectivity index (χ0n) is 14.0. The summed E-state index contributed by atoms with van der Waals surface area (Å²) in [6.45, 7) is 1.22. The smallest absolute Gasteiger partial charge is 0.220 e. The molecule has 1 aromatic heterocycles. The lowest BCUT2D eigenvalue weighted by Crippen LogP contribution is -2.35. The molecule has 7 nitrogen and oxygen atoms in total. The first kappa shape index (κ1) is 16.3. The zero-order valence-corrected chi connectivity index (χ0v) is 14.0. The first-order valence-corrected chi connectivity index (χ1v) is 8.05. The highest BCUT2D eigenvalue weighted by molar-refractivity contribution is 5.76. The Morgan fingerprint density at radius 2 is 2.38 bits per heavy atom. The number of carbonyl (C=O) groups is 1. The molecule has 1 amide bonds. The van der Waals surface area contributed by atoms with Crippen molar-refractivity contribution in [2.75, 3.05) is 20.3 Å². The van der Waals surface area contributed by atoms with Gasteiger partial charge < -0.3 is 19.4 Å². The molecule has 7 heteroatoms. The van der Waals surface area contributed by atoms with Gasteiger partial charge in [-0.25, -0.2) is 0 Å². The average molecular weight is 330 g/mol. The molecule has 2 aromatic rings. The SMILES string of the molecule is COc1ccc2c(c1)OCC(CNC(=O)CCc1nncn1C)C2. The van der Waals surface area contributed by atoms with E-state index in [1.54, 1.807) is 13.4 Å². The van der Waals surface area contributed by atoms with Crippen LogP contribution in [0.1, 0.15) is 17.8 Å². The fraction of sp³-hybridized carbons (Fsp3) is 0.471. The molecule has 3 rings (SSSR count). The Balaban J connectivity index is 1.45. The van der Waals surface area contributed by atoms with Gasteiger partial charge in [0.2, 0.25) is 5.91 Å². The van der Waals surface area contributed by atoms with Gasteiger partial charge >= 0.3 is 0 Å². The summed E-state index contributed by atoms with van der Waals surface area (Å²) in [7, 11) is 3.52. The summed E-state index contributed by atoms with van der Waals surface area (Å²) < 4.78 is 12.8. The van der Waals surface area contributed by atoms with E-state index in [1.165, 1.54) is 0 Å². The molecule has 24 heavy (non-hydrogen) atoms. The Bertz CT molecular complexity index is 714. The molecule has 1 unspecified atom stereocenters. The van der Waals surface area contributed by atoms with Crippen LogP contribution in [0.15, 0.2) is 24.5 Å². The third kappa shape index (κ3) is 3.84. The van der Waals surface area contributed by atoms with Gasteiger partial charge in [-0.15, -0.1) is 10.2 Å². The summed E-state index contributed by atoms with van der Waals surface area (Å²) in [6, 6.07) is 5.87. The van der Waals surface area contributed by atoms with Crippen molar-refractivity contribution in [3.8, 4) is 11.5 Å². The van der Waals surface area contributed by atoms with Gasteiger partial charge in [0, 0.05) is 38.4 Å². The number of nitrogens with one attached hydrogen (secondary N) is 1. The van der Waals surface area contributed by atoms with Crippen molar-refractivity contribution in [1.29, 1.82) is 0 Å². The maximum atomic E-state index is 12.0. The predicted molar refractivity (Wildman–Crippen MR) is 88.0 cm³/mol. The van der Waals surface area contributed by atoms with Crippen LogP contribution in [0.2, 0.25) is 0 Å².